The van der Waals surface area contributed by atoms with Crippen molar-refractivity contribution in [1.82, 2.24) is 20.1 Å². The number of H-pyrrole nitrogens is 1. The van der Waals surface area contributed by atoms with Gasteiger partial charge in [-0.05, 0) is 56.3 Å². The van der Waals surface area contributed by atoms with E-state index in [1.54, 1.807) is 24.4 Å². The number of ether oxygens (including phenoxy) is 2. The Kier molecular flexibility index (Phi) is 8.42. The molecule has 2 aromatic heterocycles. The minimum absolute atomic E-state index is 0.106. The maximum atomic E-state index is 12.5. The number of anilines is 2. The van der Waals surface area contributed by atoms with Crippen LogP contribution in [0, 0.1) is 0 Å². The van der Waals surface area contributed by atoms with E-state index in [0.29, 0.717) is 34.6 Å². The van der Waals surface area contributed by atoms with Gasteiger partial charge in [0.05, 0.1) is 16.2 Å². The van der Waals surface area contributed by atoms with Crippen LogP contribution in [0.15, 0.2) is 54.7 Å². The second-order valence-electron chi connectivity index (χ2n) is 11.0. The lowest BCUT2D eigenvalue weighted by Gasteiger charge is -2.26. The number of benzene rings is 2. The molecule has 0 spiro atoms. The van der Waals surface area contributed by atoms with Crippen molar-refractivity contribution in [1.29, 1.82) is 0 Å². The summed E-state index contributed by atoms with van der Waals surface area (Å²) in [4.78, 5) is 19.5. The third-order valence-electron chi connectivity index (χ3n) is 6.84. The molecule has 1 fully saturated rings. The largest absolute Gasteiger partial charge is 0.492 e. The van der Waals surface area contributed by atoms with Crippen molar-refractivity contribution in [3.05, 3.63) is 65.4 Å². The summed E-state index contributed by atoms with van der Waals surface area (Å²) in [6.45, 7) is 10.1. The summed E-state index contributed by atoms with van der Waals surface area (Å²) in [5.41, 5.74) is 2.04. The molecule has 3 N–H and O–H groups in total. The average Bonchev–Trinajstić information content (AvgIpc) is 3.40. The van der Waals surface area contributed by atoms with Gasteiger partial charge in [-0.15, -0.1) is 0 Å². The Morgan fingerprint density at radius 1 is 1.02 bits per heavy atom. The summed E-state index contributed by atoms with van der Waals surface area (Å²) >= 11 is 6.47. The van der Waals surface area contributed by atoms with Crippen LogP contribution in [0.4, 0.5) is 16.3 Å². The van der Waals surface area contributed by atoms with E-state index < -0.39 is 6.03 Å². The first kappa shape index (κ1) is 27.7. The number of halogens is 1. The Morgan fingerprint density at radius 3 is 2.58 bits per heavy atom. The Labute approximate surface area is 239 Å². The number of nitrogens with one attached hydrogen (secondary N) is 3. The van der Waals surface area contributed by atoms with Crippen LogP contribution < -0.4 is 20.1 Å². The van der Waals surface area contributed by atoms with Crippen LogP contribution in [0.3, 0.4) is 0 Å². The first-order chi connectivity index (χ1) is 19.2. The normalized spacial score (nSPS) is 14.2. The Morgan fingerprint density at radius 2 is 1.82 bits per heavy atom. The summed E-state index contributed by atoms with van der Waals surface area (Å²) in [5.74, 6) is 2.40. The lowest BCUT2D eigenvalue weighted by molar-refractivity contribution is 0.183. The summed E-state index contributed by atoms with van der Waals surface area (Å²) in [6, 6.07) is 14.1. The molecule has 0 radical (unpaired) electrons. The number of rotatable bonds is 8. The molecule has 1 saturated heterocycles. The van der Waals surface area contributed by atoms with Gasteiger partial charge < -0.3 is 14.8 Å². The molecule has 4 aromatic rings. The smallest absolute Gasteiger partial charge is 0.324 e. The van der Waals surface area contributed by atoms with Gasteiger partial charge in [0.25, 0.3) is 0 Å². The molecule has 5 rings (SSSR count). The van der Waals surface area contributed by atoms with Crippen LogP contribution >= 0.6 is 11.6 Å². The minimum atomic E-state index is -0.448. The molecule has 210 valence electrons. The van der Waals surface area contributed by atoms with Gasteiger partial charge in [-0.1, -0.05) is 38.8 Å². The number of fused-ring (bicyclic) bond motifs is 1. The second-order valence-corrected chi connectivity index (χ2v) is 11.4. The van der Waals surface area contributed by atoms with Gasteiger partial charge in [0.2, 0.25) is 0 Å². The van der Waals surface area contributed by atoms with Crippen molar-refractivity contribution >= 4 is 40.0 Å². The number of pyridine rings is 1. The summed E-state index contributed by atoms with van der Waals surface area (Å²) in [6.07, 6.45) is 5.57. The highest BCUT2D eigenvalue weighted by atomic mass is 35.5. The van der Waals surface area contributed by atoms with E-state index >= 15 is 0 Å². The molecule has 40 heavy (non-hydrogen) atoms. The zero-order chi connectivity index (χ0) is 28.1. The van der Waals surface area contributed by atoms with Gasteiger partial charge in [-0.3, -0.25) is 20.3 Å². The standard InChI is InChI=1S/C30H35ClN6O3/c1-30(2,3)27-19-28(36-35-27)34-29(38)33-24-10-8-21(17-23(24)31)40-26-11-12-32-25-18-20(7-9-22(25)26)39-16-15-37-13-5-4-6-14-37/h7-12,17-19H,4-6,13-16H2,1-3H3,(H3,33,34,35,36,38). The van der Waals surface area contributed by atoms with Crippen LogP contribution in [0.5, 0.6) is 17.2 Å². The molecule has 0 atom stereocenters. The van der Waals surface area contributed by atoms with E-state index in [4.69, 9.17) is 21.1 Å². The van der Waals surface area contributed by atoms with Crippen molar-refractivity contribution in [2.45, 2.75) is 45.4 Å². The molecule has 1 aliphatic rings. The summed E-state index contributed by atoms with van der Waals surface area (Å²) < 4.78 is 12.2. The monoisotopic (exact) mass is 562 g/mol. The fraction of sp³-hybridized carbons (Fsp3) is 0.367. The molecule has 9 nitrogen and oxygen atoms in total. The summed E-state index contributed by atoms with van der Waals surface area (Å²) in [7, 11) is 0. The maximum absolute atomic E-state index is 12.5. The molecular formula is C30H35ClN6O3. The molecule has 0 bridgehead atoms. The second kappa shape index (κ2) is 12.1. The number of aromatic nitrogens is 3. The van der Waals surface area contributed by atoms with Gasteiger partial charge in [0.1, 0.15) is 23.9 Å². The van der Waals surface area contributed by atoms with Crippen molar-refractivity contribution < 1.29 is 14.3 Å². The van der Waals surface area contributed by atoms with E-state index in [-0.39, 0.29) is 5.41 Å². The SMILES string of the molecule is CC(C)(C)c1cc(NC(=O)Nc2ccc(Oc3ccnc4cc(OCCN5CCCCC5)ccc34)cc2Cl)n[nH]1. The minimum Gasteiger partial charge on any atom is -0.492 e. The first-order valence-electron chi connectivity index (χ1n) is 13.6. The molecule has 10 heteroatoms. The molecule has 3 heterocycles. The number of hydrogen-bond acceptors (Lipinski definition) is 6. The number of aromatic amines is 1. The van der Waals surface area contributed by atoms with Crippen LogP contribution in [0.25, 0.3) is 10.9 Å². The topological polar surface area (TPSA) is 104 Å². The lowest BCUT2D eigenvalue weighted by Crippen LogP contribution is -2.33. The van der Waals surface area contributed by atoms with Crippen LogP contribution in [-0.2, 0) is 5.41 Å². The predicted molar refractivity (Wildman–Crippen MR) is 159 cm³/mol. The molecule has 0 aliphatic carbocycles. The fourth-order valence-electron chi connectivity index (χ4n) is 4.58. The first-order valence-corrected chi connectivity index (χ1v) is 14.0. The van der Waals surface area contributed by atoms with Crippen LogP contribution in [-0.4, -0.2) is 52.4 Å². The van der Waals surface area contributed by atoms with Crippen molar-refractivity contribution in [2.75, 3.05) is 36.9 Å². The number of carbonyl (C=O) groups is 1. The Bertz CT molecular complexity index is 1480. The van der Waals surface area contributed by atoms with E-state index in [1.165, 1.54) is 19.3 Å². The zero-order valence-electron chi connectivity index (χ0n) is 23.1. The summed E-state index contributed by atoms with van der Waals surface area (Å²) in [5, 5.41) is 13.8. The highest BCUT2D eigenvalue weighted by molar-refractivity contribution is 6.34. The number of urea groups is 1. The van der Waals surface area contributed by atoms with Crippen molar-refractivity contribution in [3.8, 4) is 17.2 Å². The third-order valence-corrected chi connectivity index (χ3v) is 7.16. The number of piperidine rings is 1. The predicted octanol–water partition coefficient (Wildman–Crippen LogP) is 7.21. The van der Waals surface area contributed by atoms with Gasteiger partial charge in [-0.2, -0.15) is 5.10 Å². The average molecular weight is 563 g/mol. The maximum Gasteiger partial charge on any atom is 0.324 e. The van der Waals surface area contributed by atoms with Crippen LogP contribution in [0.1, 0.15) is 45.7 Å². The quantitative estimate of drug-likeness (QED) is 0.209. The molecule has 0 unspecified atom stereocenters. The van der Waals surface area contributed by atoms with Gasteiger partial charge in [-0.25, -0.2) is 4.79 Å². The van der Waals surface area contributed by atoms with Crippen molar-refractivity contribution in [3.63, 3.8) is 0 Å². The number of likely N-dealkylation sites (tertiary alicyclic amines) is 1. The van der Waals surface area contributed by atoms with Crippen LogP contribution in [0.2, 0.25) is 5.02 Å². The number of hydrogen-bond donors (Lipinski definition) is 3. The molecular weight excluding hydrogens is 528 g/mol. The highest BCUT2D eigenvalue weighted by Crippen LogP contribution is 2.34. The number of carbonyl (C=O) groups excluding carboxylic acids is 1. The highest BCUT2D eigenvalue weighted by Gasteiger charge is 2.18. The zero-order valence-corrected chi connectivity index (χ0v) is 23.8. The third kappa shape index (κ3) is 7.03. The van der Waals surface area contributed by atoms with E-state index in [0.717, 1.165) is 42.0 Å². The Balaban J connectivity index is 1.20. The molecule has 1 aliphatic heterocycles. The number of nitrogens with zero attached hydrogens (tertiary/aromatic N) is 3. The van der Waals surface area contributed by atoms with Gasteiger partial charge in [0, 0.05) is 47.4 Å². The molecule has 2 aromatic carbocycles. The van der Waals surface area contributed by atoms with Gasteiger partial charge in [0.15, 0.2) is 5.82 Å². The van der Waals surface area contributed by atoms with Crippen molar-refractivity contribution in [2.24, 2.45) is 0 Å². The van der Waals surface area contributed by atoms with E-state index in [1.807, 2.05) is 30.3 Å². The lowest BCUT2D eigenvalue weighted by atomic mass is 9.92. The van der Waals surface area contributed by atoms with E-state index in [9.17, 15) is 4.79 Å². The van der Waals surface area contributed by atoms with E-state index in [2.05, 4.69) is 51.5 Å². The number of amides is 2. The molecule has 2 amide bonds. The molecule has 0 saturated carbocycles. The fourth-order valence-corrected chi connectivity index (χ4v) is 4.80. The van der Waals surface area contributed by atoms with Gasteiger partial charge >= 0.3 is 6.03 Å². The Hall–Kier alpha value is -3.82.